The van der Waals surface area contributed by atoms with Crippen LogP contribution in [0.3, 0.4) is 0 Å². The first-order valence-corrected chi connectivity index (χ1v) is 12.4. The van der Waals surface area contributed by atoms with Crippen LogP contribution in [-0.2, 0) is 27.3 Å². The lowest BCUT2D eigenvalue weighted by molar-refractivity contribution is -0.140. The number of carbonyl (C=O) groups is 3. The van der Waals surface area contributed by atoms with Crippen LogP contribution in [0.1, 0.15) is 43.5 Å². The predicted molar refractivity (Wildman–Crippen MR) is 145 cm³/mol. The van der Waals surface area contributed by atoms with Crippen molar-refractivity contribution in [3.63, 3.8) is 0 Å². The standard InChI is InChI=1S/C30H35N3O5/c1-30(2,3)38-29(37)32-25(19-21-11-7-5-8-12-21)28(36)33(4)26(23-15-17-24(34)18-16-23)27(35)31-20-22-13-9-6-10-14-22/h5-18,25-26,34H,19-20H2,1-4H3,(H,31,35)(H,32,37). The average molecular weight is 518 g/mol. The lowest BCUT2D eigenvalue weighted by Crippen LogP contribution is -2.52. The van der Waals surface area contributed by atoms with Gasteiger partial charge in [0.15, 0.2) is 0 Å². The number of carbonyl (C=O) groups excluding carboxylic acids is 3. The van der Waals surface area contributed by atoms with E-state index in [9.17, 15) is 19.5 Å². The van der Waals surface area contributed by atoms with E-state index in [1.165, 1.54) is 24.1 Å². The van der Waals surface area contributed by atoms with Gasteiger partial charge in [-0.3, -0.25) is 9.59 Å². The van der Waals surface area contributed by atoms with Crippen molar-refractivity contribution in [2.75, 3.05) is 7.05 Å². The van der Waals surface area contributed by atoms with Crippen LogP contribution in [0.15, 0.2) is 84.9 Å². The molecule has 0 heterocycles. The molecule has 3 aromatic rings. The van der Waals surface area contributed by atoms with Crippen LogP contribution in [0, 0.1) is 0 Å². The number of aromatic hydroxyl groups is 1. The minimum absolute atomic E-state index is 0.0414. The summed E-state index contributed by atoms with van der Waals surface area (Å²) >= 11 is 0. The van der Waals surface area contributed by atoms with Gasteiger partial charge in [-0.05, 0) is 49.6 Å². The zero-order valence-corrected chi connectivity index (χ0v) is 22.2. The Morgan fingerprint density at radius 3 is 1.97 bits per heavy atom. The Bertz CT molecular complexity index is 1210. The van der Waals surface area contributed by atoms with Crippen LogP contribution >= 0.6 is 0 Å². The molecule has 3 aromatic carbocycles. The van der Waals surface area contributed by atoms with Crippen molar-refractivity contribution in [1.29, 1.82) is 0 Å². The molecule has 38 heavy (non-hydrogen) atoms. The van der Waals surface area contributed by atoms with Crippen molar-refractivity contribution < 1.29 is 24.2 Å². The number of nitrogens with one attached hydrogen (secondary N) is 2. The largest absolute Gasteiger partial charge is 0.508 e. The minimum Gasteiger partial charge on any atom is -0.508 e. The highest BCUT2D eigenvalue weighted by Crippen LogP contribution is 2.24. The van der Waals surface area contributed by atoms with Crippen molar-refractivity contribution in [1.82, 2.24) is 15.5 Å². The second kappa shape index (κ2) is 12.8. The number of phenolic OH excluding ortho intramolecular Hbond substituents is 1. The molecule has 0 bridgehead atoms. The van der Waals surface area contributed by atoms with Gasteiger partial charge < -0.3 is 25.4 Å². The summed E-state index contributed by atoms with van der Waals surface area (Å²) in [4.78, 5) is 41.3. The van der Waals surface area contributed by atoms with Crippen LogP contribution < -0.4 is 10.6 Å². The SMILES string of the molecule is CN(C(=O)C(Cc1ccccc1)NC(=O)OC(C)(C)C)C(C(=O)NCc1ccccc1)c1ccc(O)cc1. The molecule has 8 heteroatoms. The summed E-state index contributed by atoms with van der Waals surface area (Å²) in [6, 6.07) is 22.9. The third kappa shape index (κ3) is 8.37. The van der Waals surface area contributed by atoms with Gasteiger partial charge in [-0.2, -0.15) is 0 Å². The average Bonchev–Trinajstić information content (AvgIpc) is 2.88. The highest BCUT2D eigenvalue weighted by Gasteiger charge is 2.34. The molecule has 200 valence electrons. The van der Waals surface area contributed by atoms with Gasteiger partial charge in [-0.1, -0.05) is 72.8 Å². The summed E-state index contributed by atoms with van der Waals surface area (Å²) in [6.45, 7) is 5.50. The van der Waals surface area contributed by atoms with E-state index in [1.807, 2.05) is 60.7 Å². The van der Waals surface area contributed by atoms with E-state index in [0.717, 1.165) is 11.1 Å². The molecular weight excluding hydrogens is 482 g/mol. The first-order valence-electron chi connectivity index (χ1n) is 12.4. The summed E-state index contributed by atoms with van der Waals surface area (Å²) in [6.07, 6.45) is -0.521. The van der Waals surface area contributed by atoms with E-state index < -0.39 is 35.6 Å². The van der Waals surface area contributed by atoms with Crippen LogP contribution in [0.2, 0.25) is 0 Å². The summed E-state index contributed by atoms with van der Waals surface area (Å²) in [5.74, 6) is -0.821. The quantitative estimate of drug-likeness (QED) is 0.391. The Morgan fingerprint density at radius 1 is 0.868 bits per heavy atom. The predicted octanol–water partition coefficient (Wildman–Crippen LogP) is 4.34. The van der Waals surface area contributed by atoms with Crippen LogP contribution in [-0.4, -0.2) is 46.6 Å². The number of hydrogen-bond donors (Lipinski definition) is 3. The molecule has 2 atom stereocenters. The van der Waals surface area contributed by atoms with Crippen molar-refractivity contribution in [2.45, 2.75) is 51.4 Å². The van der Waals surface area contributed by atoms with Gasteiger partial charge >= 0.3 is 6.09 Å². The van der Waals surface area contributed by atoms with Crippen LogP contribution in [0.25, 0.3) is 0 Å². The molecule has 3 rings (SSSR count). The number of rotatable bonds is 9. The zero-order chi connectivity index (χ0) is 27.7. The lowest BCUT2D eigenvalue weighted by atomic mass is 10.0. The van der Waals surface area contributed by atoms with Gasteiger partial charge in [0.2, 0.25) is 11.8 Å². The number of phenols is 1. The van der Waals surface area contributed by atoms with Crippen molar-refractivity contribution in [2.24, 2.45) is 0 Å². The molecule has 0 aliphatic heterocycles. The Hall–Kier alpha value is -4.33. The van der Waals surface area contributed by atoms with E-state index in [0.29, 0.717) is 5.56 Å². The number of alkyl carbamates (subject to hydrolysis) is 1. The Kier molecular flexibility index (Phi) is 9.49. The number of likely N-dealkylation sites (N-methyl/N-ethyl adjacent to an activating group) is 1. The van der Waals surface area contributed by atoms with Gasteiger partial charge in [-0.25, -0.2) is 4.79 Å². The first kappa shape index (κ1) is 28.2. The molecule has 2 unspecified atom stereocenters. The molecule has 3 N–H and O–H groups in total. The molecule has 0 fully saturated rings. The molecule has 8 nitrogen and oxygen atoms in total. The van der Waals surface area contributed by atoms with Gasteiger partial charge in [-0.15, -0.1) is 0 Å². The van der Waals surface area contributed by atoms with E-state index >= 15 is 0 Å². The van der Waals surface area contributed by atoms with Crippen molar-refractivity contribution >= 4 is 17.9 Å². The lowest BCUT2D eigenvalue weighted by Gasteiger charge is -2.31. The third-order valence-corrected chi connectivity index (χ3v) is 5.77. The summed E-state index contributed by atoms with van der Waals surface area (Å²) in [5, 5.41) is 15.4. The molecule has 0 radical (unpaired) electrons. The highest BCUT2D eigenvalue weighted by molar-refractivity contribution is 5.92. The van der Waals surface area contributed by atoms with Gasteiger partial charge in [0, 0.05) is 20.0 Å². The van der Waals surface area contributed by atoms with E-state index in [2.05, 4.69) is 10.6 Å². The van der Waals surface area contributed by atoms with Crippen LogP contribution in [0.4, 0.5) is 4.79 Å². The molecule has 0 aliphatic carbocycles. The van der Waals surface area contributed by atoms with Crippen molar-refractivity contribution in [3.05, 3.63) is 102 Å². The fraction of sp³-hybridized carbons (Fsp3) is 0.300. The molecule has 3 amide bonds. The zero-order valence-electron chi connectivity index (χ0n) is 22.2. The van der Waals surface area contributed by atoms with Gasteiger partial charge in [0.1, 0.15) is 23.4 Å². The highest BCUT2D eigenvalue weighted by atomic mass is 16.6. The number of ether oxygens (including phenoxy) is 1. The topological polar surface area (TPSA) is 108 Å². The Balaban J connectivity index is 1.88. The molecule has 0 aromatic heterocycles. The monoisotopic (exact) mass is 517 g/mol. The Labute approximate surface area is 223 Å². The Morgan fingerprint density at radius 2 is 1.42 bits per heavy atom. The van der Waals surface area contributed by atoms with E-state index in [1.54, 1.807) is 32.9 Å². The maximum atomic E-state index is 13.8. The smallest absolute Gasteiger partial charge is 0.408 e. The van der Waals surface area contributed by atoms with Crippen LogP contribution in [0.5, 0.6) is 5.75 Å². The molecule has 0 saturated carbocycles. The van der Waals surface area contributed by atoms with Gasteiger partial charge in [0.05, 0.1) is 0 Å². The molecule has 0 aliphatic rings. The second-order valence-corrected chi connectivity index (χ2v) is 10.0. The maximum Gasteiger partial charge on any atom is 0.408 e. The first-order chi connectivity index (χ1) is 18.0. The minimum atomic E-state index is -1.01. The number of amides is 3. The number of benzene rings is 3. The normalized spacial score (nSPS) is 12.6. The number of hydrogen-bond acceptors (Lipinski definition) is 5. The van der Waals surface area contributed by atoms with Gasteiger partial charge in [0.25, 0.3) is 0 Å². The summed E-state index contributed by atoms with van der Waals surface area (Å²) in [5.41, 5.74) is 1.51. The third-order valence-electron chi connectivity index (χ3n) is 5.77. The second-order valence-electron chi connectivity index (χ2n) is 10.0. The van der Waals surface area contributed by atoms with E-state index in [-0.39, 0.29) is 18.7 Å². The maximum absolute atomic E-state index is 13.8. The number of nitrogens with zero attached hydrogens (tertiary/aromatic N) is 1. The summed E-state index contributed by atoms with van der Waals surface area (Å²) in [7, 11) is 1.52. The van der Waals surface area contributed by atoms with E-state index in [4.69, 9.17) is 4.74 Å². The molecule has 0 spiro atoms. The fourth-order valence-electron chi connectivity index (χ4n) is 3.96. The fourth-order valence-corrected chi connectivity index (χ4v) is 3.96. The molecular formula is C30H35N3O5. The van der Waals surface area contributed by atoms with Crippen molar-refractivity contribution in [3.8, 4) is 5.75 Å². The molecule has 0 saturated heterocycles. The summed E-state index contributed by atoms with van der Waals surface area (Å²) < 4.78 is 5.40.